The highest BCUT2D eigenvalue weighted by molar-refractivity contribution is 6.27. The highest BCUT2D eigenvalue weighted by Crippen LogP contribution is 2.59. The van der Waals surface area contributed by atoms with Gasteiger partial charge in [0.05, 0.1) is 4.87 Å². The van der Waals surface area contributed by atoms with Crippen molar-refractivity contribution in [3.8, 4) is 0 Å². The van der Waals surface area contributed by atoms with Gasteiger partial charge in [0.1, 0.15) is 0 Å². The Labute approximate surface area is 154 Å². The van der Waals surface area contributed by atoms with Crippen LogP contribution in [0, 0.1) is 17.3 Å². The van der Waals surface area contributed by atoms with E-state index in [1.54, 1.807) is 0 Å². The van der Waals surface area contributed by atoms with E-state index in [-0.39, 0.29) is 4.87 Å². The lowest BCUT2D eigenvalue weighted by Gasteiger charge is -2.54. The zero-order valence-electron chi connectivity index (χ0n) is 15.3. The van der Waals surface area contributed by atoms with Gasteiger partial charge < -0.3 is 0 Å². The van der Waals surface area contributed by atoms with Gasteiger partial charge in [-0.2, -0.15) is 0 Å². The Morgan fingerprint density at radius 1 is 1.00 bits per heavy atom. The molecule has 0 heterocycles. The highest BCUT2D eigenvalue weighted by atomic mass is 35.5. The third-order valence-corrected chi connectivity index (χ3v) is 7.78. The van der Waals surface area contributed by atoms with E-state index in [0.29, 0.717) is 5.41 Å². The molecule has 2 saturated carbocycles. The normalized spacial score (nSPS) is 31.7. The molecule has 24 heavy (non-hydrogen) atoms. The summed E-state index contributed by atoms with van der Waals surface area (Å²) in [5, 5.41) is 0. The highest BCUT2D eigenvalue weighted by Gasteiger charge is 2.52. The third kappa shape index (κ3) is 3.69. The van der Waals surface area contributed by atoms with E-state index in [0.717, 1.165) is 18.3 Å². The molecule has 0 N–H and O–H groups in total. The van der Waals surface area contributed by atoms with Crippen LogP contribution >= 0.6 is 11.6 Å². The largest absolute Gasteiger partial charge is 0.110 e. The van der Waals surface area contributed by atoms with E-state index in [9.17, 15) is 0 Å². The van der Waals surface area contributed by atoms with Gasteiger partial charge in [-0.3, -0.25) is 0 Å². The maximum Gasteiger partial charge on any atom is 0.0865 e. The number of unbranched alkanes of at least 4 members (excludes halogenated alkanes) is 1. The molecule has 0 amide bonds. The molecular weight excluding hydrogens is 312 g/mol. The van der Waals surface area contributed by atoms with Gasteiger partial charge >= 0.3 is 0 Å². The van der Waals surface area contributed by atoms with Gasteiger partial charge in [-0.15, -0.1) is 18.2 Å². The Kier molecular flexibility index (Phi) is 6.30. The van der Waals surface area contributed by atoms with Gasteiger partial charge in [0.25, 0.3) is 0 Å². The molecule has 0 radical (unpaired) electrons. The van der Waals surface area contributed by atoms with Gasteiger partial charge in [0, 0.05) is 0 Å². The van der Waals surface area contributed by atoms with Gasteiger partial charge in [0.2, 0.25) is 0 Å². The zero-order chi connectivity index (χ0) is 16.9. The molecule has 0 nitrogen and oxygen atoms in total. The molecule has 0 aromatic heterocycles. The molecule has 1 heteroatoms. The molecule has 0 aliphatic heterocycles. The fraction of sp³-hybridized carbons (Fsp3) is 0.739. The molecule has 134 valence electrons. The molecule has 0 unspecified atom stereocenters. The Bertz CT molecular complexity index is 446. The number of alkyl halides is 1. The van der Waals surface area contributed by atoms with Crippen LogP contribution in [0.2, 0.25) is 0 Å². The van der Waals surface area contributed by atoms with Crippen LogP contribution in [-0.4, -0.2) is 4.87 Å². The van der Waals surface area contributed by atoms with Crippen LogP contribution in [0.5, 0.6) is 0 Å². The van der Waals surface area contributed by atoms with Crippen LogP contribution in [0.4, 0.5) is 0 Å². The maximum absolute atomic E-state index is 7.30. The molecule has 0 spiro atoms. The number of hydrogen-bond acceptors (Lipinski definition) is 0. The second kappa shape index (κ2) is 8.26. The molecule has 0 saturated heterocycles. The van der Waals surface area contributed by atoms with E-state index in [1.807, 2.05) is 0 Å². The molecule has 2 fully saturated rings. The summed E-state index contributed by atoms with van der Waals surface area (Å²) in [6.45, 7) is 3.86. The number of allylic oxidation sites excluding steroid dienone is 5. The fourth-order valence-corrected chi connectivity index (χ4v) is 6.31. The average Bonchev–Trinajstić information content (AvgIpc) is 2.64. The van der Waals surface area contributed by atoms with Crippen LogP contribution in [0.15, 0.2) is 37.0 Å². The topological polar surface area (TPSA) is 0 Å². The molecule has 0 aromatic rings. The Morgan fingerprint density at radius 2 is 1.67 bits per heavy atom. The first-order valence-corrected chi connectivity index (χ1v) is 10.7. The van der Waals surface area contributed by atoms with Gasteiger partial charge in [-0.1, -0.05) is 68.9 Å². The molecule has 3 aliphatic rings. The predicted octanol–water partition coefficient (Wildman–Crippen LogP) is 7.59. The molecule has 0 atom stereocenters. The molecule has 0 bridgehead atoms. The first-order valence-electron chi connectivity index (χ1n) is 10.4. The monoisotopic (exact) mass is 346 g/mol. The third-order valence-electron chi connectivity index (χ3n) is 7.15. The van der Waals surface area contributed by atoms with Crippen LogP contribution in [0.3, 0.4) is 0 Å². The summed E-state index contributed by atoms with van der Waals surface area (Å²) < 4.78 is 0. The van der Waals surface area contributed by atoms with Crippen molar-refractivity contribution in [2.45, 2.75) is 88.3 Å². The van der Waals surface area contributed by atoms with Crippen molar-refractivity contribution in [1.29, 1.82) is 0 Å². The SMILES string of the molecule is C=CCCC[C@H]1CC[C@H](C2(C3(Cl)C=CCC=C3)CCCCC2)CC1. The minimum absolute atomic E-state index is 0.216. The van der Waals surface area contributed by atoms with Crippen molar-refractivity contribution in [1.82, 2.24) is 0 Å². The van der Waals surface area contributed by atoms with E-state index in [4.69, 9.17) is 11.6 Å². The molecule has 3 aliphatic carbocycles. The smallest absolute Gasteiger partial charge is 0.0865 e. The molecule has 0 aromatic carbocycles. The van der Waals surface area contributed by atoms with Crippen LogP contribution in [-0.2, 0) is 0 Å². The summed E-state index contributed by atoms with van der Waals surface area (Å²) in [7, 11) is 0. The second-order valence-corrected chi connectivity index (χ2v) is 9.09. The summed E-state index contributed by atoms with van der Waals surface area (Å²) in [5.74, 6) is 1.77. The first-order chi connectivity index (χ1) is 11.7. The van der Waals surface area contributed by atoms with E-state index < -0.39 is 0 Å². The van der Waals surface area contributed by atoms with Crippen molar-refractivity contribution < 1.29 is 0 Å². The number of halogens is 1. The number of rotatable bonds is 6. The van der Waals surface area contributed by atoms with Crippen LogP contribution in [0.1, 0.15) is 83.5 Å². The lowest BCUT2D eigenvalue weighted by molar-refractivity contribution is 0.0394. The summed E-state index contributed by atoms with van der Waals surface area (Å²) in [4.78, 5) is -0.216. The van der Waals surface area contributed by atoms with Crippen molar-refractivity contribution in [2.75, 3.05) is 0 Å². The standard InChI is InChI=1S/C23H35Cl/c1-2-3-6-11-20-12-14-21(15-13-20)22(16-7-4-8-17-22)23(24)18-9-5-10-19-23/h2,9-10,18-21H,1,3-8,11-17H2/t20-,21-. The Balaban J connectivity index is 1.69. The quantitative estimate of drug-likeness (QED) is 0.264. The van der Waals surface area contributed by atoms with Crippen LogP contribution in [0.25, 0.3) is 0 Å². The fourth-order valence-electron chi connectivity index (χ4n) is 5.79. The Hall–Kier alpha value is -0.490. The van der Waals surface area contributed by atoms with Gasteiger partial charge in [-0.25, -0.2) is 0 Å². The summed E-state index contributed by atoms with van der Waals surface area (Å²) >= 11 is 7.30. The molecule has 3 rings (SSSR count). The van der Waals surface area contributed by atoms with Crippen molar-refractivity contribution >= 4 is 11.6 Å². The van der Waals surface area contributed by atoms with Crippen molar-refractivity contribution in [2.24, 2.45) is 17.3 Å². The predicted molar refractivity (Wildman–Crippen MR) is 106 cm³/mol. The maximum atomic E-state index is 7.30. The molecular formula is C23H35Cl. The van der Waals surface area contributed by atoms with Crippen molar-refractivity contribution in [3.05, 3.63) is 37.0 Å². The van der Waals surface area contributed by atoms with E-state index in [2.05, 4.69) is 37.0 Å². The summed E-state index contributed by atoms with van der Waals surface area (Å²) in [5.41, 5.74) is 0.312. The van der Waals surface area contributed by atoms with Crippen LogP contribution < -0.4 is 0 Å². The lowest BCUT2D eigenvalue weighted by Crippen LogP contribution is -2.49. The van der Waals surface area contributed by atoms with Gasteiger partial charge in [0.15, 0.2) is 0 Å². The van der Waals surface area contributed by atoms with Crippen molar-refractivity contribution in [3.63, 3.8) is 0 Å². The van der Waals surface area contributed by atoms with E-state index >= 15 is 0 Å². The van der Waals surface area contributed by atoms with Gasteiger partial charge in [-0.05, 0) is 62.2 Å². The lowest BCUT2D eigenvalue weighted by atomic mass is 9.54. The summed E-state index contributed by atoms with van der Waals surface area (Å²) in [6.07, 6.45) is 28.8. The van der Waals surface area contributed by atoms with E-state index in [1.165, 1.54) is 77.0 Å². The zero-order valence-corrected chi connectivity index (χ0v) is 16.1. The Morgan fingerprint density at radius 3 is 2.29 bits per heavy atom. The minimum Gasteiger partial charge on any atom is -0.110 e. The minimum atomic E-state index is -0.216. The second-order valence-electron chi connectivity index (χ2n) is 8.46. The number of hydrogen-bond donors (Lipinski definition) is 0. The average molecular weight is 347 g/mol. The summed E-state index contributed by atoms with van der Waals surface area (Å²) in [6, 6.07) is 0. The first kappa shape index (κ1) is 18.3.